The zero-order valence-corrected chi connectivity index (χ0v) is 15.3. The minimum absolute atomic E-state index is 0.296. The summed E-state index contributed by atoms with van der Waals surface area (Å²) in [6, 6.07) is 19.4. The second-order valence-electron chi connectivity index (χ2n) is 8.09. The summed E-state index contributed by atoms with van der Waals surface area (Å²) in [5.41, 5.74) is 4.24. The van der Waals surface area contributed by atoms with Crippen molar-refractivity contribution < 1.29 is 4.79 Å². The van der Waals surface area contributed by atoms with Crippen molar-refractivity contribution in [1.82, 2.24) is 10.2 Å². The van der Waals surface area contributed by atoms with Crippen molar-refractivity contribution in [3.8, 4) is 17.2 Å². The van der Waals surface area contributed by atoms with E-state index in [1.165, 1.54) is 12.0 Å². The van der Waals surface area contributed by atoms with Gasteiger partial charge < -0.3 is 10.2 Å². The van der Waals surface area contributed by atoms with Gasteiger partial charge in [-0.15, -0.1) is 0 Å². The van der Waals surface area contributed by atoms with Crippen molar-refractivity contribution in [3.63, 3.8) is 0 Å². The maximum Gasteiger partial charge on any atom is 0.225 e. The van der Waals surface area contributed by atoms with Crippen molar-refractivity contribution in [2.24, 2.45) is 5.92 Å². The lowest BCUT2D eigenvalue weighted by Gasteiger charge is -2.55. The Morgan fingerprint density at radius 2 is 1.78 bits per heavy atom. The van der Waals surface area contributed by atoms with Gasteiger partial charge in [0, 0.05) is 37.0 Å². The molecule has 3 saturated heterocycles. The molecule has 136 valence electrons. The average molecular weight is 357 g/mol. The Bertz CT molecular complexity index is 898. The average Bonchev–Trinajstić information content (AvgIpc) is 2.67. The number of nitrogens with zero attached hydrogens (tertiary/aromatic N) is 2. The number of nitriles is 1. The Morgan fingerprint density at radius 1 is 1.04 bits per heavy atom. The number of carbonyl (C=O) groups is 1. The fraction of sp³-hybridized carbons (Fsp3) is 0.391. The fourth-order valence-corrected chi connectivity index (χ4v) is 4.75. The monoisotopic (exact) mass is 357 g/mol. The maximum absolute atomic E-state index is 12.5. The summed E-state index contributed by atoms with van der Waals surface area (Å²) in [4.78, 5) is 14.6. The second kappa shape index (κ2) is 6.51. The van der Waals surface area contributed by atoms with Gasteiger partial charge in [0.2, 0.25) is 5.91 Å². The van der Waals surface area contributed by atoms with E-state index in [2.05, 4.69) is 40.6 Å². The highest BCUT2D eigenvalue weighted by Crippen LogP contribution is 2.39. The standard InChI is InChI=1S/C23H23N3O/c24-12-15-3-1-6-19(11-15)16-7-9-17(10-8-16)22-20-13-26(14-21(22)25-20)23(27)18-4-2-5-18/h1,3,6-11,18,20-22,25H,2,4-5,13-14H2/t20-,21+,22?. The molecule has 1 N–H and O–H groups in total. The van der Waals surface area contributed by atoms with Gasteiger partial charge >= 0.3 is 0 Å². The lowest BCUT2D eigenvalue weighted by atomic mass is 9.73. The number of nitrogens with one attached hydrogen (secondary N) is 1. The van der Waals surface area contributed by atoms with Gasteiger partial charge in [0.05, 0.1) is 11.6 Å². The Labute approximate surface area is 159 Å². The Balaban J connectivity index is 1.29. The van der Waals surface area contributed by atoms with Crippen LogP contribution in [-0.4, -0.2) is 36.0 Å². The van der Waals surface area contributed by atoms with Crippen LogP contribution in [0, 0.1) is 17.2 Å². The lowest BCUT2D eigenvalue weighted by molar-refractivity contribution is -0.143. The first kappa shape index (κ1) is 16.5. The number of piperazine rings is 1. The maximum atomic E-state index is 12.5. The van der Waals surface area contributed by atoms with Gasteiger partial charge in [-0.1, -0.05) is 42.8 Å². The van der Waals surface area contributed by atoms with Gasteiger partial charge in [0.15, 0.2) is 0 Å². The molecule has 4 heteroatoms. The second-order valence-corrected chi connectivity index (χ2v) is 8.09. The van der Waals surface area contributed by atoms with Crippen LogP contribution >= 0.6 is 0 Å². The van der Waals surface area contributed by atoms with Crippen LogP contribution < -0.4 is 5.32 Å². The Hall–Kier alpha value is -2.64. The van der Waals surface area contributed by atoms with Crippen molar-refractivity contribution in [2.75, 3.05) is 13.1 Å². The first-order chi connectivity index (χ1) is 13.2. The van der Waals surface area contributed by atoms with E-state index >= 15 is 0 Å². The predicted octanol–water partition coefficient (Wildman–Crippen LogP) is 3.29. The van der Waals surface area contributed by atoms with Crippen molar-refractivity contribution in [2.45, 2.75) is 37.3 Å². The molecule has 1 unspecified atom stereocenters. The van der Waals surface area contributed by atoms with E-state index in [1.54, 1.807) is 0 Å². The van der Waals surface area contributed by atoms with Crippen LogP contribution in [0.4, 0.5) is 0 Å². The van der Waals surface area contributed by atoms with Crippen LogP contribution in [-0.2, 0) is 4.79 Å². The van der Waals surface area contributed by atoms with Crippen LogP contribution in [0.1, 0.15) is 36.3 Å². The summed E-state index contributed by atoms with van der Waals surface area (Å²) in [6.45, 7) is 1.67. The Kier molecular flexibility index (Phi) is 3.98. The van der Waals surface area contributed by atoms with Crippen LogP contribution in [0.25, 0.3) is 11.1 Å². The van der Waals surface area contributed by atoms with E-state index in [9.17, 15) is 4.79 Å². The molecule has 1 amide bonds. The number of benzene rings is 2. The highest BCUT2D eigenvalue weighted by atomic mass is 16.2. The summed E-state index contributed by atoms with van der Waals surface area (Å²) in [7, 11) is 0. The molecule has 6 rings (SSSR count). The van der Waals surface area contributed by atoms with Crippen molar-refractivity contribution >= 4 is 5.91 Å². The topological polar surface area (TPSA) is 56.1 Å². The molecule has 27 heavy (non-hydrogen) atoms. The number of amides is 1. The molecule has 3 atom stereocenters. The van der Waals surface area contributed by atoms with Gasteiger partial charge in [0.25, 0.3) is 0 Å². The molecule has 1 aliphatic carbocycles. The van der Waals surface area contributed by atoms with Crippen LogP contribution in [0.2, 0.25) is 0 Å². The molecule has 2 aromatic carbocycles. The van der Waals surface area contributed by atoms with E-state index in [1.807, 2.05) is 24.3 Å². The molecule has 4 aliphatic rings. The van der Waals surface area contributed by atoms with Gasteiger partial charge in [-0.3, -0.25) is 4.79 Å². The molecule has 4 fully saturated rings. The van der Waals surface area contributed by atoms with E-state index in [4.69, 9.17) is 5.26 Å². The third kappa shape index (κ3) is 2.83. The number of carbonyl (C=O) groups excluding carboxylic acids is 1. The Morgan fingerprint density at radius 3 is 2.41 bits per heavy atom. The van der Waals surface area contributed by atoms with Crippen LogP contribution in [0.15, 0.2) is 48.5 Å². The first-order valence-electron chi connectivity index (χ1n) is 9.88. The largest absolute Gasteiger partial charge is 0.339 e. The van der Waals surface area contributed by atoms with Crippen LogP contribution in [0.5, 0.6) is 0 Å². The highest BCUT2D eigenvalue weighted by molar-refractivity contribution is 5.80. The molecular weight excluding hydrogens is 334 g/mol. The van der Waals surface area contributed by atoms with Crippen molar-refractivity contribution in [1.29, 1.82) is 5.26 Å². The molecule has 3 aliphatic heterocycles. The predicted molar refractivity (Wildman–Crippen MR) is 104 cm³/mol. The molecule has 4 nitrogen and oxygen atoms in total. The molecule has 0 spiro atoms. The van der Waals surface area contributed by atoms with E-state index in [-0.39, 0.29) is 0 Å². The number of rotatable bonds is 3. The zero-order chi connectivity index (χ0) is 18.4. The molecule has 2 aromatic rings. The molecular formula is C23H23N3O. The van der Waals surface area contributed by atoms with Gasteiger partial charge in [-0.05, 0) is 41.7 Å². The third-order valence-electron chi connectivity index (χ3n) is 6.52. The lowest BCUT2D eigenvalue weighted by Crippen LogP contribution is -2.72. The molecule has 0 radical (unpaired) electrons. The fourth-order valence-electron chi connectivity index (χ4n) is 4.75. The summed E-state index contributed by atoms with van der Waals surface area (Å²) in [5, 5.41) is 12.7. The third-order valence-corrected chi connectivity index (χ3v) is 6.52. The first-order valence-corrected chi connectivity index (χ1v) is 9.88. The molecule has 3 heterocycles. The van der Waals surface area contributed by atoms with E-state index < -0.39 is 0 Å². The summed E-state index contributed by atoms with van der Waals surface area (Å²) >= 11 is 0. The minimum Gasteiger partial charge on any atom is -0.339 e. The molecule has 0 aromatic heterocycles. The molecule has 1 saturated carbocycles. The summed E-state index contributed by atoms with van der Waals surface area (Å²) < 4.78 is 0. The van der Waals surface area contributed by atoms with E-state index in [0.29, 0.717) is 35.4 Å². The van der Waals surface area contributed by atoms with Crippen LogP contribution in [0.3, 0.4) is 0 Å². The summed E-state index contributed by atoms with van der Waals surface area (Å²) in [5.74, 6) is 1.17. The normalized spacial score (nSPS) is 26.6. The quantitative estimate of drug-likeness (QED) is 0.917. The van der Waals surface area contributed by atoms with Gasteiger partial charge in [0.1, 0.15) is 0 Å². The SMILES string of the molecule is N#Cc1cccc(-c2ccc(C3[C@@H]4CN(C(=O)C5CCC5)C[C@H]3N4)cc2)c1. The van der Waals surface area contributed by atoms with Crippen molar-refractivity contribution in [3.05, 3.63) is 59.7 Å². The number of piperidine rings is 1. The zero-order valence-electron chi connectivity index (χ0n) is 15.3. The highest BCUT2D eigenvalue weighted by Gasteiger charge is 2.48. The number of fused-ring (bicyclic) bond motifs is 2. The minimum atomic E-state index is 0.296. The number of hydrogen-bond donors (Lipinski definition) is 1. The molecule has 2 bridgehead atoms. The smallest absolute Gasteiger partial charge is 0.225 e. The van der Waals surface area contributed by atoms with Gasteiger partial charge in [-0.25, -0.2) is 0 Å². The van der Waals surface area contributed by atoms with E-state index in [0.717, 1.165) is 37.1 Å². The van der Waals surface area contributed by atoms with Gasteiger partial charge in [-0.2, -0.15) is 5.26 Å². The number of hydrogen-bond acceptors (Lipinski definition) is 3. The summed E-state index contributed by atoms with van der Waals surface area (Å²) in [6.07, 6.45) is 3.37.